The Morgan fingerprint density at radius 2 is 1.66 bits per heavy atom. The van der Waals surface area contributed by atoms with Crippen LogP contribution in [0.25, 0.3) is 0 Å². The molecule has 0 unspecified atom stereocenters. The van der Waals surface area contributed by atoms with Crippen molar-refractivity contribution in [1.29, 1.82) is 0 Å². The van der Waals surface area contributed by atoms with Gasteiger partial charge >= 0.3 is 5.97 Å². The van der Waals surface area contributed by atoms with E-state index in [1.54, 1.807) is 7.05 Å². The number of aryl methyl sites for hydroxylation is 1. The SMILES string of the molecule is Cc1ccccc1CN(C)C(=O)COC(=O)CN(C)S(=O)(=O)c1ccc(F)cc1. The Labute approximate surface area is 169 Å². The third kappa shape index (κ3) is 6.10. The number of amides is 1. The van der Waals surface area contributed by atoms with E-state index in [1.165, 1.54) is 11.9 Å². The molecule has 1 amide bonds. The van der Waals surface area contributed by atoms with Crippen LogP contribution in [0.5, 0.6) is 0 Å². The Kier molecular flexibility index (Phi) is 7.46. The number of carbonyl (C=O) groups is 2. The molecule has 0 aromatic heterocycles. The minimum absolute atomic E-state index is 0.150. The molecule has 0 radical (unpaired) electrons. The fraction of sp³-hybridized carbons (Fsp3) is 0.300. The van der Waals surface area contributed by atoms with Gasteiger partial charge in [-0.2, -0.15) is 4.31 Å². The van der Waals surface area contributed by atoms with Crippen LogP contribution in [0.1, 0.15) is 11.1 Å². The van der Waals surface area contributed by atoms with Gasteiger partial charge < -0.3 is 9.64 Å². The van der Waals surface area contributed by atoms with Gasteiger partial charge in [0.15, 0.2) is 6.61 Å². The fourth-order valence-corrected chi connectivity index (χ4v) is 3.60. The van der Waals surface area contributed by atoms with E-state index in [0.29, 0.717) is 6.54 Å². The number of halogens is 1. The van der Waals surface area contributed by atoms with Crippen molar-refractivity contribution < 1.29 is 27.1 Å². The zero-order valence-corrected chi connectivity index (χ0v) is 17.3. The van der Waals surface area contributed by atoms with E-state index in [1.807, 2.05) is 31.2 Å². The molecule has 0 aliphatic heterocycles. The summed E-state index contributed by atoms with van der Waals surface area (Å²) in [5.74, 6) is -1.85. The molecule has 0 saturated carbocycles. The Hall–Kier alpha value is -2.78. The van der Waals surface area contributed by atoms with Crippen molar-refractivity contribution in [3.63, 3.8) is 0 Å². The summed E-state index contributed by atoms with van der Waals surface area (Å²) in [5.41, 5.74) is 2.01. The molecule has 0 heterocycles. The van der Waals surface area contributed by atoms with Crippen molar-refractivity contribution >= 4 is 21.9 Å². The molecule has 0 fully saturated rings. The molecule has 7 nitrogen and oxygen atoms in total. The van der Waals surface area contributed by atoms with E-state index in [9.17, 15) is 22.4 Å². The lowest BCUT2D eigenvalue weighted by atomic mass is 10.1. The van der Waals surface area contributed by atoms with Crippen LogP contribution in [-0.2, 0) is 30.9 Å². The third-order valence-corrected chi connectivity index (χ3v) is 6.14. The number of nitrogens with zero attached hydrogens (tertiary/aromatic N) is 2. The summed E-state index contributed by atoms with van der Waals surface area (Å²) < 4.78 is 43.4. The maximum Gasteiger partial charge on any atom is 0.321 e. The number of hydrogen-bond acceptors (Lipinski definition) is 5. The second-order valence-electron chi connectivity index (χ2n) is 6.55. The normalized spacial score (nSPS) is 11.3. The van der Waals surface area contributed by atoms with Crippen molar-refractivity contribution in [2.75, 3.05) is 27.2 Å². The molecule has 0 bridgehead atoms. The molecule has 2 aromatic rings. The lowest BCUT2D eigenvalue weighted by Crippen LogP contribution is -2.35. The van der Waals surface area contributed by atoms with Crippen LogP contribution in [0.2, 0.25) is 0 Å². The Morgan fingerprint density at radius 3 is 2.28 bits per heavy atom. The van der Waals surface area contributed by atoms with Crippen LogP contribution in [0.3, 0.4) is 0 Å². The van der Waals surface area contributed by atoms with Gasteiger partial charge in [0.05, 0.1) is 4.90 Å². The summed E-state index contributed by atoms with van der Waals surface area (Å²) in [7, 11) is -1.19. The molecule has 0 aliphatic carbocycles. The van der Waals surface area contributed by atoms with Crippen LogP contribution in [-0.4, -0.2) is 56.7 Å². The predicted octanol–water partition coefficient (Wildman–Crippen LogP) is 1.96. The summed E-state index contributed by atoms with van der Waals surface area (Å²) in [6.45, 7) is 1.23. The Morgan fingerprint density at radius 1 is 1.03 bits per heavy atom. The molecule has 0 saturated heterocycles. The molecule has 2 rings (SSSR count). The van der Waals surface area contributed by atoms with E-state index in [4.69, 9.17) is 4.74 Å². The zero-order valence-electron chi connectivity index (χ0n) is 16.5. The molecule has 0 atom stereocenters. The number of ether oxygens (including phenoxy) is 1. The maximum atomic E-state index is 13.0. The van der Waals surface area contributed by atoms with Crippen molar-refractivity contribution in [1.82, 2.24) is 9.21 Å². The summed E-state index contributed by atoms with van der Waals surface area (Å²) in [5, 5.41) is 0. The smallest absolute Gasteiger partial charge is 0.321 e. The number of benzene rings is 2. The molecule has 156 valence electrons. The zero-order chi connectivity index (χ0) is 21.6. The molecule has 29 heavy (non-hydrogen) atoms. The predicted molar refractivity (Wildman–Crippen MR) is 105 cm³/mol. The summed E-state index contributed by atoms with van der Waals surface area (Å²) in [4.78, 5) is 25.4. The average Bonchev–Trinajstić information content (AvgIpc) is 2.68. The van der Waals surface area contributed by atoms with E-state index in [-0.39, 0.29) is 4.90 Å². The largest absolute Gasteiger partial charge is 0.455 e. The highest BCUT2D eigenvalue weighted by Crippen LogP contribution is 2.15. The van der Waals surface area contributed by atoms with E-state index < -0.39 is 40.9 Å². The van der Waals surface area contributed by atoms with Gasteiger partial charge in [0.1, 0.15) is 12.4 Å². The molecule has 9 heteroatoms. The molecule has 2 aromatic carbocycles. The second-order valence-corrected chi connectivity index (χ2v) is 8.60. The van der Waals surface area contributed by atoms with Crippen LogP contribution in [0.15, 0.2) is 53.4 Å². The van der Waals surface area contributed by atoms with Gasteiger partial charge in [-0.15, -0.1) is 0 Å². The first-order valence-electron chi connectivity index (χ1n) is 8.77. The standard InChI is InChI=1S/C20H23FN2O5S/c1-15-6-4-5-7-16(15)12-22(2)19(24)14-28-20(25)13-23(3)29(26,27)18-10-8-17(21)9-11-18/h4-11H,12-14H2,1-3H3. The molecular weight excluding hydrogens is 399 g/mol. The first kappa shape index (κ1) is 22.5. The van der Waals surface area contributed by atoms with Gasteiger partial charge in [0.25, 0.3) is 5.91 Å². The van der Waals surface area contributed by atoms with E-state index in [2.05, 4.69) is 0 Å². The first-order chi connectivity index (χ1) is 13.6. The fourth-order valence-electron chi connectivity index (χ4n) is 2.48. The minimum atomic E-state index is -3.98. The summed E-state index contributed by atoms with van der Waals surface area (Å²) >= 11 is 0. The number of esters is 1. The number of likely N-dealkylation sites (N-methyl/N-ethyl adjacent to an activating group) is 2. The van der Waals surface area contributed by atoms with Crippen molar-refractivity contribution in [2.24, 2.45) is 0 Å². The monoisotopic (exact) mass is 422 g/mol. The molecule has 0 N–H and O–H groups in total. The Balaban J connectivity index is 1.87. The number of sulfonamides is 1. The minimum Gasteiger partial charge on any atom is -0.455 e. The summed E-state index contributed by atoms with van der Waals surface area (Å²) in [6.07, 6.45) is 0. The topological polar surface area (TPSA) is 84.0 Å². The van der Waals surface area contributed by atoms with Crippen molar-refractivity contribution in [3.05, 3.63) is 65.5 Å². The molecule has 0 aliphatic rings. The van der Waals surface area contributed by atoms with E-state index >= 15 is 0 Å². The number of carbonyl (C=O) groups excluding carboxylic acids is 2. The summed E-state index contributed by atoms with van der Waals surface area (Å²) in [6, 6.07) is 11.9. The van der Waals surface area contributed by atoms with Gasteiger partial charge in [-0.05, 0) is 42.3 Å². The molecular formula is C20H23FN2O5S. The quantitative estimate of drug-likeness (QED) is 0.607. The van der Waals surface area contributed by atoms with Crippen molar-refractivity contribution in [2.45, 2.75) is 18.4 Å². The lowest BCUT2D eigenvalue weighted by molar-refractivity contribution is -0.151. The van der Waals surface area contributed by atoms with Gasteiger partial charge in [0, 0.05) is 20.6 Å². The van der Waals surface area contributed by atoms with Crippen LogP contribution >= 0.6 is 0 Å². The number of hydrogen-bond donors (Lipinski definition) is 0. The van der Waals surface area contributed by atoms with Gasteiger partial charge in [-0.25, -0.2) is 12.8 Å². The highest BCUT2D eigenvalue weighted by molar-refractivity contribution is 7.89. The van der Waals surface area contributed by atoms with E-state index in [0.717, 1.165) is 39.7 Å². The average molecular weight is 422 g/mol. The van der Waals surface area contributed by atoms with Crippen LogP contribution < -0.4 is 0 Å². The highest BCUT2D eigenvalue weighted by atomic mass is 32.2. The van der Waals surface area contributed by atoms with Gasteiger partial charge in [0.2, 0.25) is 10.0 Å². The lowest BCUT2D eigenvalue weighted by Gasteiger charge is -2.19. The maximum absolute atomic E-state index is 13.0. The first-order valence-corrected chi connectivity index (χ1v) is 10.2. The van der Waals surface area contributed by atoms with Crippen LogP contribution in [0, 0.1) is 12.7 Å². The van der Waals surface area contributed by atoms with Crippen LogP contribution in [0.4, 0.5) is 4.39 Å². The van der Waals surface area contributed by atoms with Crippen molar-refractivity contribution in [3.8, 4) is 0 Å². The van der Waals surface area contributed by atoms with Gasteiger partial charge in [-0.3, -0.25) is 9.59 Å². The molecule has 0 spiro atoms. The number of rotatable bonds is 8. The Bertz CT molecular complexity index is 977. The highest BCUT2D eigenvalue weighted by Gasteiger charge is 2.24. The third-order valence-electron chi connectivity index (χ3n) is 4.32. The van der Waals surface area contributed by atoms with Gasteiger partial charge in [-0.1, -0.05) is 24.3 Å². The second kappa shape index (κ2) is 9.62.